The molecule has 0 fully saturated rings. The number of rotatable bonds is 3. The zero-order valence-electron chi connectivity index (χ0n) is 11.9. The van der Waals surface area contributed by atoms with Crippen LogP contribution in [0.1, 0.15) is 47.1 Å². The van der Waals surface area contributed by atoms with Gasteiger partial charge < -0.3 is 5.32 Å². The van der Waals surface area contributed by atoms with Crippen molar-refractivity contribution in [2.75, 3.05) is 5.32 Å². The summed E-state index contributed by atoms with van der Waals surface area (Å²) in [5, 5.41) is 5.04. The van der Waals surface area contributed by atoms with Gasteiger partial charge in [-0.25, -0.2) is 0 Å². The molecule has 110 valence electrons. The molecule has 4 heteroatoms. The van der Waals surface area contributed by atoms with Crippen molar-refractivity contribution in [2.24, 2.45) is 0 Å². The fraction of sp³-hybridized carbons (Fsp3) is 0.353. The average Bonchev–Trinajstić information content (AvgIpc) is 2.95. The van der Waals surface area contributed by atoms with Crippen molar-refractivity contribution in [1.82, 2.24) is 0 Å². The lowest BCUT2D eigenvalue weighted by atomic mass is 9.87. The highest BCUT2D eigenvalue weighted by atomic mass is 35.5. The Morgan fingerprint density at radius 2 is 2.19 bits per heavy atom. The summed E-state index contributed by atoms with van der Waals surface area (Å²) in [6.07, 6.45) is 3.11. The fourth-order valence-electron chi connectivity index (χ4n) is 2.94. The average molecular weight is 320 g/mol. The van der Waals surface area contributed by atoms with Gasteiger partial charge in [-0.2, -0.15) is 0 Å². The molecule has 21 heavy (non-hydrogen) atoms. The molecular weight excluding hydrogens is 302 g/mol. The van der Waals surface area contributed by atoms with Gasteiger partial charge in [-0.3, -0.25) is 4.79 Å². The topological polar surface area (TPSA) is 29.1 Å². The van der Waals surface area contributed by atoms with E-state index in [0.29, 0.717) is 0 Å². The third-order valence-electron chi connectivity index (χ3n) is 4.02. The van der Waals surface area contributed by atoms with Crippen molar-refractivity contribution < 1.29 is 4.79 Å². The Kier molecular flexibility index (Phi) is 4.32. The maximum Gasteiger partial charge on any atom is 0.231 e. The van der Waals surface area contributed by atoms with E-state index in [1.807, 2.05) is 31.2 Å². The number of anilines is 1. The molecule has 2 atom stereocenters. The Balaban J connectivity index is 1.83. The second-order valence-electron chi connectivity index (χ2n) is 5.44. The van der Waals surface area contributed by atoms with E-state index < -0.39 is 0 Å². The quantitative estimate of drug-likeness (QED) is 0.783. The summed E-state index contributed by atoms with van der Waals surface area (Å²) in [5.74, 6) is 0.0535. The standard InChI is InChI=1S/C17H18ClNOS/c1-11(18)12-5-2-3-7-15(12)19-17(20)14-6-4-8-16-13(14)9-10-21-16/h2-3,5,7,9-11,14H,4,6,8H2,1H3,(H,19,20). The Morgan fingerprint density at radius 1 is 1.38 bits per heavy atom. The number of thiophene rings is 1. The van der Waals surface area contributed by atoms with Gasteiger partial charge in [0.05, 0.1) is 11.3 Å². The Bertz CT molecular complexity index is 650. The number of hydrogen-bond acceptors (Lipinski definition) is 2. The molecule has 2 unspecified atom stereocenters. The number of carbonyl (C=O) groups is 1. The number of halogens is 1. The normalized spacial score (nSPS) is 18.9. The van der Waals surface area contributed by atoms with Crippen LogP contribution in [0.5, 0.6) is 0 Å². The minimum absolute atomic E-state index is 0.0290. The van der Waals surface area contributed by atoms with Crippen molar-refractivity contribution in [1.29, 1.82) is 0 Å². The first-order chi connectivity index (χ1) is 10.2. The molecule has 1 aromatic carbocycles. The molecule has 1 aromatic heterocycles. The lowest BCUT2D eigenvalue weighted by Crippen LogP contribution is -2.24. The van der Waals surface area contributed by atoms with Crippen LogP contribution in [0.3, 0.4) is 0 Å². The van der Waals surface area contributed by atoms with Gasteiger partial charge in [-0.05, 0) is 54.8 Å². The van der Waals surface area contributed by atoms with Gasteiger partial charge in [0.2, 0.25) is 5.91 Å². The molecule has 1 amide bonds. The summed E-state index contributed by atoms with van der Waals surface area (Å²) >= 11 is 7.95. The van der Waals surface area contributed by atoms with Crippen LogP contribution in [0, 0.1) is 0 Å². The Hall–Kier alpha value is -1.32. The number of hydrogen-bond donors (Lipinski definition) is 1. The van der Waals surface area contributed by atoms with Gasteiger partial charge in [0.15, 0.2) is 0 Å². The van der Waals surface area contributed by atoms with Crippen molar-refractivity contribution >= 4 is 34.5 Å². The maximum atomic E-state index is 12.7. The van der Waals surface area contributed by atoms with Crippen molar-refractivity contribution in [3.63, 3.8) is 0 Å². The number of nitrogens with one attached hydrogen (secondary N) is 1. The SMILES string of the molecule is CC(Cl)c1ccccc1NC(=O)C1CCCc2sccc21. The minimum Gasteiger partial charge on any atom is -0.325 e. The molecule has 0 saturated carbocycles. The first-order valence-corrected chi connectivity index (χ1v) is 8.58. The van der Waals surface area contributed by atoms with E-state index in [-0.39, 0.29) is 17.2 Å². The molecule has 3 rings (SSSR count). The summed E-state index contributed by atoms with van der Waals surface area (Å²) in [4.78, 5) is 14.0. The van der Waals surface area contributed by atoms with Crippen LogP contribution in [-0.4, -0.2) is 5.91 Å². The zero-order valence-corrected chi connectivity index (χ0v) is 13.5. The fourth-order valence-corrected chi connectivity index (χ4v) is 4.11. The molecule has 2 nitrogen and oxygen atoms in total. The smallest absolute Gasteiger partial charge is 0.231 e. The summed E-state index contributed by atoms with van der Waals surface area (Å²) in [5.41, 5.74) is 3.00. The molecular formula is C17H18ClNOS. The van der Waals surface area contributed by atoms with Crippen molar-refractivity contribution in [3.05, 3.63) is 51.7 Å². The van der Waals surface area contributed by atoms with Crippen LogP contribution in [0.4, 0.5) is 5.69 Å². The number of benzene rings is 1. The minimum atomic E-state index is -0.121. The molecule has 0 saturated heterocycles. The van der Waals surface area contributed by atoms with Crippen LogP contribution < -0.4 is 5.32 Å². The van der Waals surface area contributed by atoms with Gasteiger partial charge in [0.25, 0.3) is 0 Å². The molecule has 0 spiro atoms. The van der Waals surface area contributed by atoms with E-state index in [2.05, 4.69) is 16.8 Å². The van der Waals surface area contributed by atoms with E-state index >= 15 is 0 Å². The van der Waals surface area contributed by atoms with Gasteiger partial charge in [-0.1, -0.05) is 18.2 Å². The molecule has 1 N–H and O–H groups in total. The summed E-state index contributed by atoms with van der Waals surface area (Å²) in [7, 11) is 0. The lowest BCUT2D eigenvalue weighted by molar-refractivity contribution is -0.117. The van der Waals surface area contributed by atoms with E-state index in [1.165, 1.54) is 10.4 Å². The van der Waals surface area contributed by atoms with Gasteiger partial charge in [0, 0.05) is 10.6 Å². The number of fused-ring (bicyclic) bond motifs is 1. The van der Waals surface area contributed by atoms with Gasteiger partial charge >= 0.3 is 0 Å². The first kappa shape index (κ1) is 14.6. The number of amides is 1. The predicted molar refractivity (Wildman–Crippen MR) is 89.3 cm³/mol. The number of alkyl halides is 1. The largest absolute Gasteiger partial charge is 0.325 e. The zero-order chi connectivity index (χ0) is 14.8. The molecule has 0 bridgehead atoms. The van der Waals surface area contributed by atoms with Gasteiger partial charge in [-0.15, -0.1) is 22.9 Å². The van der Waals surface area contributed by atoms with Crippen LogP contribution in [0.2, 0.25) is 0 Å². The summed E-state index contributed by atoms with van der Waals surface area (Å²) in [6, 6.07) is 9.85. The molecule has 1 aliphatic rings. The van der Waals surface area contributed by atoms with E-state index in [0.717, 1.165) is 30.5 Å². The van der Waals surface area contributed by atoms with E-state index in [9.17, 15) is 4.79 Å². The van der Waals surface area contributed by atoms with Crippen LogP contribution in [0.15, 0.2) is 35.7 Å². The second kappa shape index (κ2) is 6.20. The second-order valence-corrected chi connectivity index (χ2v) is 7.09. The monoisotopic (exact) mass is 319 g/mol. The van der Waals surface area contributed by atoms with Crippen LogP contribution >= 0.6 is 22.9 Å². The Labute approximate surface area is 134 Å². The molecule has 1 heterocycles. The number of aryl methyl sites for hydroxylation is 1. The molecule has 2 aromatic rings. The van der Waals surface area contributed by atoms with E-state index in [4.69, 9.17) is 11.6 Å². The van der Waals surface area contributed by atoms with Crippen molar-refractivity contribution in [3.8, 4) is 0 Å². The highest BCUT2D eigenvalue weighted by molar-refractivity contribution is 7.10. The highest BCUT2D eigenvalue weighted by Crippen LogP contribution is 2.36. The first-order valence-electron chi connectivity index (χ1n) is 7.27. The third-order valence-corrected chi connectivity index (χ3v) is 5.25. The lowest BCUT2D eigenvalue weighted by Gasteiger charge is -2.22. The molecule has 0 radical (unpaired) electrons. The number of para-hydroxylation sites is 1. The van der Waals surface area contributed by atoms with E-state index in [1.54, 1.807) is 11.3 Å². The molecule has 1 aliphatic carbocycles. The van der Waals surface area contributed by atoms with Crippen LogP contribution in [0.25, 0.3) is 0 Å². The summed E-state index contributed by atoms with van der Waals surface area (Å²) in [6.45, 7) is 1.92. The summed E-state index contributed by atoms with van der Waals surface area (Å²) < 4.78 is 0. The highest BCUT2D eigenvalue weighted by Gasteiger charge is 2.27. The third kappa shape index (κ3) is 2.99. The predicted octanol–water partition coefficient (Wildman–Crippen LogP) is 5.11. The van der Waals surface area contributed by atoms with Crippen LogP contribution in [-0.2, 0) is 11.2 Å². The number of carbonyl (C=O) groups excluding carboxylic acids is 1. The molecule has 0 aliphatic heterocycles. The van der Waals surface area contributed by atoms with Gasteiger partial charge in [0.1, 0.15) is 0 Å². The van der Waals surface area contributed by atoms with Crippen molar-refractivity contribution in [2.45, 2.75) is 37.5 Å². The maximum absolute atomic E-state index is 12.7. The Morgan fingerprint density at radius 3 is 3.00 bits per heavy atom.